The molecule has 1 heterocycles. The third-order valence-corrected chi connectivity index (χ3v) is 4.01. The number of nitrogens with one attached hydrogen (secondary N) is 1. The maximum atomic E-state index is 11.6. The molecule has 0 spiro atoms. The highest BCUT2D eigenvalue weighted by Crippen LogP contribution is 2.34. The van der Waals surface area contributed by atoms with Gasteiger partial charge in [0.05, 0.1) is 0 Å². The lowest BCUT2D eigenvalue weighted by Gasteiger charge is -2.14. The summed E-state index contributed by atoms with van der Waals surface area (Å²) in [6.45, 7) is 0.263. The van der Waals surface area contributed by atoms with Crippen LogP contribution in [-0.4, -0.2) is 18.4 Å². The summed E-state index contributed by atoms with van der Waals surface area (Å²) < 4.78 is 10.4. The Balaban J connectivity index is 1.42. The van der Waals surface area contributed by atoms with Crippen molar-refractivity contribution < 1.29 is 14.3 Å². The first-order chi connectivity index (χ1) is 9.31. The van der Waals surface area contributed by atoms with Crippen molar-refractivity contribution in [1.82, 2.24) is 5.32 Å². The van der Waals surface area contributed by atoms with Crippen molar-refractivity contribution in [2.24, 2.45) is 5.92 Å². The molecule has 0 amide bonds. The first kappa shape index (κ1) is 12.5. The molecule has 3 atom stereocenters. The molecule has 1 N–H and O–H groups in total. The van der Waals surface area contributed by atoms with Gasteiger partial charge in [0.1, 0.15) is 6.61 Å². The lowest BCUT2D eigenvalue weighted by atomic mass is 10.0. The molecule has 1 saturated carbocycles. The molecule has 2 unspecified atom stereocenters. The van der Waals surface area contributed by atoms with Crippen LogP contribution in [0.4, 0.5) is 4.79 Å². The summed E-state index contributed by atoms with van der Waals surface area (Å²) >= 11 is 0. The van der Waals surface area contributed by atoms with Gasteiger partial charge in [-0.1, -0.05) is 36.8 Å². The van der Waals surface area contributed by atoms with Gasteiger partial charge in [0.2, 0.25) is 0 Å². The number of hydrogen-bond acceptors (Lipinski definition) is 4. The van der Waals surface area contributed by atoms with E-state index in [2.05, 4.69) is 5.32 Å². The predicted octanol–water partition coefficient (Wildman–Crippen LogP) is 2.83. The van der Waals surface area contributed by atoms with Gasteiger partial charge in [-0.05, 0) is 24.3 Å². The SMILES string of the molecule is O=C(OCc1ccccc1)O[C@H]1CC2CCCC2N1. The molecule has 2 fully saturated rings. The molecule has 1 aromatic carbocycles. The van der Waals surface area contributed by atoms with Crippen LogP contribution in [0.2, 0.25) is 0 Å². The minimum Gasteiger partial charge on any atom is -0.429 e. The van der Waals surface area contributed by atoms with Crippen LogP contribution in [0.3, 0.4) is 0 Å². The van der Waals surface area contributed by atoms with E-state index in [9.17, 15) is 4.79 Å². The minimum absolute atomic E-state index is 0.168. The standard InChI is InChI=1S/C15H19NO3/c17-15(18-10-11-5-2-1-3-6-11)19-14-9-12-7-4-8-13(12)16-14/h1-3,5-6,12-14,16H,4,7-10H2/t12?,13?,14-/m0/s1. The smallest absolute Gasteiger partial charge is 0.429 e. The fourth-order valence-electron chi connectivity index (χ4n) is 3.07. The van der Waals surface area contributed by atoms with Crippen molar-refractivity contribution in [1.29, 1.82) is 0 Å². The number of carbonyl (C=O) groups excluding carboxylic acids is 1. The molecule has 4 nitrogen and oxygen atoms in total. The Morgan fingerprint density at radius 3 is 2.89 bits per heavy atom. The fourth-order valence-corrected chi connectivity index (χ4v) is 3.07. The largest absolute Gasteiger partial charge is 0.510 e. The van der Waals surface area contributed by atoms with Crippen LogP contribution in [0.15, 0.2) is 30.3 Å². The van der Waals surface area contributed by atoms with E-state index in [1.807, 2.05) is 30.3 Å². The lowest BCUT2D eigenvalue weighted by Crippen LogP contribution is -2.33. The summed E-state index contributed by atoms with van der Waals surface area (Å²) in [7, 11) is 0. The normalized spacial score (nSPS) is 28.9. The monoisotopic (exact) mass is 261 g/mol. The number of benzene rings is 1. The third-order valence-electron chi connectivity index (χ3n) is 4.01. The van der Waals surface area contributed by atoms with Crippen LogP contribution in [0.5, 0.6) is 0 Å². The highest BCUT2D eigenvalue weighted by atomic mass is 16.7. The Hall–Kier alpha value is -1.55. The van der Waals surface area contributed by atoms with Crippen molar-refractivity contribution in [3.05, 3.63) is 35.9 Å². The highest BCUT2D eigenvalue weighted by molar-refractivity contribution is 5.60. The average Bonchev–Trinajstić information content (AvgIpc) is 2.98. The molecular weight excluding hydrogens is 242 g/mol. The molecule has 0 bridgehead atoms. The second kappa shape index (κ2) is 5.61. The van der Waals surface area contributed by atoms with Gasteiger partial charge in [-0.15, -0.1) is 0 Å². The molecule has 1 aliphatic heterocycles. The summed E-state index contributed by atoms with van der Waals surface area (Å²) in [5, 5.41) is 3.36. The Morgan fingerprint density at radius 1 is 1.26 bits per heavy atom. The van der Waals surface area contributed by atoms with Crippen LogP contribution >= 0.6 is 0 Å². The summed E-state index contributed by atoms with van der Waals surface area (Å²) in [5.74, 6) is 0.673. The van der Waals surface area contributed by atoms with Crippen molar-refractivity contribution in [2.45, 2.75) is 44.6 Å². The van der Waals surface area contributed by atoms with Crippen molar-refractivity contribution in [3.8, 4) is 0 Å². The van der Waals surface area contributed by atoms with Gasteiger partial charge >= 0.3 is 6.16 Å². The van der Waals surface area contributed by atoms with Gasteiger partial charge in [0.25, 0.3) is 0 Å². The second-order valence-electron chi connectivity index (χ2n) is 5.33. The first-order valence-corrected chi connectivity index (χ1v) is 6.94. The van der Waals surface area contributed by atoms with Crippen molar-refractivity contribution >= 4 is 6.16 Å². The predicted molar refractivity (Wildman–Crippen MR) is 70.4 cm³/mol. The Morgan fingerprint density at radius 2 is 2.11 bits per heavy atom. The molecule has 102 valence electrons. The van der Waals surface area contributed by atoms with E-state index < -0.39 is 6.16 Å². The van der Waals surface area contributed by atoms with Crippen LogP contribution in [-0.2, 0) is 16.1 Å². The lowest BCUT2D eigenvalue weighted by molar-refractivity contribution is 0.0116. The van der Waals surface area contributed by atoms with Gasteiger partial charge in [-0.3, -0.25) is 5.32 Å². The number of hydrogen-bond donors (Lipinski definition) is 1. The molecule has 0 radical (unpaired) electrons. The summed E-state index contributed by atoms with van der Waals surface area (Å²) in [6, 6.07) is 10.2. The zero-order valence-corrected chi connectivity index (χ0v) is 10.9. The zero-order chi connectivity index (χ0) is 13.1. The van der Waals surface area contributed by atoms with Crippen molar-refractivity contribution in [3.63, 3.8) is 0 Å². The molecule has 1 aromatic rings. The molecule has 19 heavy (non-hydrogen) atoms. The first-order valence-electron chi connectivity index (χ1n) is 6.94. The maximum absolute atomic E-state index is 11.6. The van der Waals surface area contributed by atoms with E-state index in [4.69, 9.17) is 9.47 Å². The molecule has 4 heteroatoms. The van der Waals surface area contributed by atoms with Crippen LogP contribution in [0, 0.1) is 5.92 Å². The molecular formula is C15H19NO3. The topological polar surface area (TPSA) is 47.6 Å². The molecule has 3 rings (SSSR count). The van der Waals surface area contributed by atoms with E-state index in [0.717, 1.165) is 12.0 Å². The number of carbonyl (C=O) groups is 1. The quantitative estimate of drug-likeness (QED) is 0.850. The Kier molecular flexibility index (Phi) is 3.69. The number of fused-ring (bicyclic) bond motifs is 1. The summed E-state index contributed by atoms with van der Waals surface area (Å²) in [6.07, 6.45) is 3.90. The Bertz CT molecular complexity index is 422. The van der Waals surface area contributed by atoms with Gasteiger partial charge in [0, 0.05) is 12.5 Å². The Labute approximate surface area is 113 Å². The summed E-state index contributed by atoms with van der Waals surface area (Å²) in [4.78, 5) is 11.6. The number of rotatable bonds is 3. The highest BCUT2D eigenvalue weighted by Gasteiger charge is 2.38. The van der Waals surface area contributed by atoms with Crippen molar-refractivity contribution in [2.75, 3.05) is 0 Å². The zero-order valence-electron chi connectivity index (χ0n) is 10.9. The fraction of sp³-hybridized carbons (Fsp3) is 0.533. The van der Waals surface area contributed by atoms with E-state index >= 15 is 0 Å². The molecule has 2 aliphatic rings. The van der Waals surface area contributed by atoms with Crippen LogP contribution in [0.25, 0.3) is 0 Å². The van der Waals surface area contributed by atoms with Gasteiger partial charge in [-0.25, -0.2) is 4.79 Å². The molecule has 0 aromatic heterocycles. The van der Waals surface area contributed by atoms with E-state index in [-0.39, 0.29) is 12.8 Å². The van der Waals surface area contributed by atoms with E-state index in [1.165, 1.54) is 19.3 Å². The minimum atomic E-state index is -0.582. The van der Waals surface area contributed by atoms with E-state index in [0.29, 0.717) is 12.0 Å². The van der Waals surface area contributed by atoms with Crippen LogP contribution < -0.4 is 5.32 Å². The van der Waals surface area contributed by atoms with Gasteiger partial charge in [0.15, 0.2) is 6.23 Å². The van der Waals surface area contributed by atoms with Crippen LogP contribution in [0.1, 0.15) is 31.2 Å². The second-order valence-corrected chi connectivity index (χ2v) is 5.33. The van der Waals surface area contributed by atoms with Gasteiger partial charge in [-0.2, -0.15) is 0 Å². The third kappa shape index (κ3) is 3.07. The maximum Gasteiger partial charge on any atom is 0.510 e. The number of ether oxygens (including phenoxy) is 2. The average molecular weight is 261 g/mol. The molecule has 1 aliphatic carbocycles. The molecule has 1 saturated heterocycles. The van der Waals surface area contributed by atoms with Gasteiger partial charge < -0.3 is 9.47 Å². The van der Waals surface area contributed by atoms with E-state index in [1.54, 1.807) is 0 Å². The summed E-state index contributed by atoms with van der Waals surface area (Å²) in [5.41, 5.74) is 0.968.